The second-order valence-corrected chi connectivity index (χ2v) is 7.72. The van der Waals surface area contributed by atoms with Gasteiger partial charge in [-0.3, -0.25) is 5.41 Å². The maximum atomic E-state index is 14.1. The Labute approximate surface area is 194 Å². The van der Waals surface area contributed by atoms with E-state index in [0.29, 0.717) is 33.7 Å². The number of hydrogen-bond acceptors (Lipinski definition) is 7. The van der Waals surface area contributed by atoms with Crippen molar-refractivity contribution in [3.63, 3.8) is 0 Å². The van der Waals surface area contributed by atoms with Gasteiger partial charge < -0.3 is 26.8 Å². The van der Waals surface area contributed by atoms with Gasteiger partial charge in [0.1, 0.15) is 17.1 Å². The van der Waals surface area contributed by atoms with Gasteiger partial charge in [0, 0.05) is 47.4 Å². The van der Waals surface area contributed by atoms with E-state index in [-0.39, 0.29) is 29.8 Å². The molecule has 2 aromatic rings. The van der Waals surface area contributed by atoms with Gasteiger partial charge in [-0.15, -0.1) is 0 Å². The van der Waals surface area contributed by atoms with Gasteiger partial charge in [0.05, 0.1) is 6.54 Å². The van der Waals surface area contributed by atoms with E-state index in [1.54, 1.807) is 13.0 Å². The predicted octanol–water partition coefficient (Wildman–Crippen LogP) is 3.63. The molecule has 1 aliphatic heterocycles. The molecule has 11 heteroatoms. The summed E-state index contributed by atoms with van der Waals surface area (Å²) in [6.07, 6.45) is -0.482. The Hall–Kier alpha value is -3.24. The van der Waals surface area contributed by atoms with Crippen LogP contribution in [0.5, 0.6) is 5.75 Å². The van der Waals surface area contributed by atoms with Crippen molar-refractivity contribution in [1.29, 1.82) is 5.41 Å². The van der Waals surface area contributed by atoms with Gasteiger partial charge in [0.25, 0.3) is 6.43 Å². The average Bonchev–Trinajstić information content (AvgIpc) is 2.75. The number of hydrogen-bond donors (Lipinski definition) is 5. The van der Waals surface area contributed by atoms with Gasteiger partial charge in [-0.05, 0) is 42.8 Å². The molecule has 0 spiro atoms. The number of pyridine rings is 1. The van der Waals surface area contributed by atoms with Crippen LogP contribution in [0.25, 0.3) is 11.4 Å². The Kier molecular flexibility index (Phi) is 7.83. The molecule has 0 saturated heterocycles. The number of ether oxygens (including phenoxy) is 1. The highest BCUT2D eigenvalue weighted by molar-refractivity contribution is 6.68. The quantitative estimate of drug-likeness (QED) is 0.417. The maximum absolute atomic E-state index is 14.1. The van der Waals surface area contributed by atoms with Crippen LogP contribution in [0.4, 0.5) is 19.0 Å². The molecule has 0 amide bonds. The van der Waals surface area contributed by atoms with E-state index in [2.05, 4.69) is 15.6 Å². The van der Waals surface area contributed by atoms with Crippen LogP contribution in [0.2, 0.25) is 0 Å². The zero-order valence-electron chi connectivity index (χ0n) is 17.8. The van der Waals surface area contributed by atoms with Crippen LogP contribution in [0, 0.1) is 11.2 Å². The van der Waals surface area contributed by atoms with Gasteiger partial charge in [0.2, 0.25) is 0 Å². The molecule has 33 heavy (non-hydrogen) atoms. The van der Waals surface area contributed by atoms with Gasteiger partial charge in [-0.25, -0.2) is 18.2 Å². The largest absolute Gasteiger partial charge is 0.482 e. The van der Waals surface area contributed by atoms with Crippen molar-refractivity contribution in [3.05, 3.63) is 64.6 Å². The summed E-state index contributed by atoms with van der Waals surface area (Å²) in [7, 11) is 0. The SMILES string of the molecule is CC1Oc2cc(cnc2N)/C(NCC(F)F)=C(/CN)CN/C(=C\C(=N)Cl)c2ccc(F)cc21. The summed E-state index contributed by atoms with van der Waals surface area (Å²) in [6.45, 7) is 1.26. The molecule has 7 nitrogen and oxygen atoms in total. The normalized spacial score (nSPS) is 19.7. The summed E-state index contributed by atoms with van der Waals surface area (Å²) >= 11 is 5.83. The molecule has 7 N–H and O–H groups in total. The maximum Gasteiger partial charge on any atom is 0.255 e. The predicted molar refractivity (Wildman–Crippen MR) is 124 cm³/mol. The minimum Gasteiger partial charge on any atom is -0.482 e. The Balaban J connectivity index is 2.23. The fourth-order valence-corrected chi connectivity index (χ4v) is 3.59. The molecule has 0 saturated carbocycles. The number of nitrogens with zero attached hydrogens (tertiary/aromatic N) is 1. The lowest BCUT2D eigenvalue weighted by molar-refractivity contribution is 0.151. The first-order valence-corrected chi connectivity index (χ1v) is 10.4. The highest BCUT2D eigenvalue weighted by Crippen LogP contribution is 2.33. The second kappa shape index (κ2) is 10.6. The zero-order chi connectivity index (χ0) is 24.1. The molecular formula is C22H24ClF3N6O. The van der Waals surface area contributed by atoms with Crippen molar-refractivity contribution < 1.29 is 17.9 Å². The first-order chi connectivity index (χ1) is 15.7. The number of aromatic nitrogens is 1. The summed E-state index contributed by atoms with van der Waals surface area (Å²) in [5, 5.41) is 13.3. The number of nitrogens with two attached hydrogens (primary N) is 2. The summed E-state index contributed by atoms with van der Waals surface area (Å²) in [5.74, 6) is -0.191. The Bertz CT molecular complexity index is 1110. The highest BCUT2D eigenvalue weighted by Gasteiger charge is 2.21. The lowest BCUT2D eigenvalue weighted by atomic mass is 9.98. The van der Waals surface area contributed by atoms with Crippen LogP contribution in [-0.2, 0) is 0 Å². The summed E-state index contributed by atoms with van der Waals surface area (Å²) < 4.78 is 46.1. The third kappa shape index (κ3) is 5.96. The van der Waals surface area contributed by atoms with Crippen molar-refractivity contribution >= 4 is 34.0 Å². The second-order valence-electron chi connectivity index (χ2n) is 7.31. The monoisotopic (exact) mass is 480 g/mol. The number of fused-ring (bicyclic) bond motifs is 3. The van der Waals surface area contributed by atoms with E-state index in [0.717, 1.165) is 0 Å². The van der Waals surface area contributed by atoms with Crippen molar-refractivity contribution in [3.8, 4) is 5.75 Å². The van der Waals surface area contributed by atoms with E-state index in [9.17, 15) is 13.2 Å². The number of nitrogens with one attached hydrogen (secondary N) is 3. The molecule has 1 aliphatic rings. The molecule has 0 aliphatic carbocycles. The van der Waals surface area contributed by atoms with E-state index in [4.69, 9.17) is 33.2 Å². The van der Waals surface area contributed by atoms with Crippen LogP contribution in [-0.4, -0.2) is 36.2 Å². The number of rotatable bonds is 5. The Morgan fingerprint density at radius 3 is 2.85 bits per heavy atom. The zero-order valence-corrected chi connectivity index (χ0v) is 18.5. The van der Waals surface area contributed by atoms with Crippen LogP contribution in [0.3, 0.4) is 0 Å². The minimum atomic E-state index is -2.60. The molecule has 1 aromatic heterocycles. The molecule has 2 heterocycles. The first kappa shape index (κ1) is 24.4. The number of halogens is 4. The third-order valence-electron chi connectivity index (χ3n) is 5.01. The fourth-order valence-electron chi connectivity index (χ4n) is 3.48. The average molecular weight is 481 g/mol. The van der Waals surface area contributed by atoms with E-state index in [1.165, 1.54) is 30.5 Å². The van der Waals surface area contributed by atoms with E-state index < -0.39 is 24.9 Å². The van der Waals surface area contributed by atoms with Gasteiger partial charge in [0.15, 0.2) is 11.6 Å². The van der Waals surface area contributed by atoms with Crippen molar-refractivity contribution in [2.75, 3.05) is 25.4 Å². The molecular weight excluding hydrogens is 457 g/mol. The first-order valence-electron chi connectivity index (χ1n) is 10.1. The van der Waals surface area contributed by atoms with Gasteiger partial charge >= 0.3 is 0 Å². The van der Waals surface area contributed by atoms with Crippen LogP contribution in [0.1, 0.15) is 29.7 Å². The van der Waals surface area contributed by atoms with Crippen LogP contribution < -0.4 is 26.8 Å². The van der Waals surface area contributed by atoms with Crippen molar-refractivity contribution in [1.82, 2.24) is 15.6 Å². The number of alkyl halides is 2. The lowest BCUT2D eigenvalue weighted by Gasteiger charge is -2.24. The molecule has 176 valence electrons. The molecule has 2 bridgehead atoms. The lowest BCUT2D eigenvalue weighted by Crippen LogP contribution is -2.28. The number of allylic oxidation sites excluding steroid dienone is 1. The topological polar surface area (TPSA) is 122 Å². The van der Waals surface area contributed by atoms with Crippen molar-refractivity contribution in [2.45, 2.75) is 19.5 Å². The smallest absolute Gasteiger partial charge is 0.255 e. The summed E-state index contributed by atoms with van der Waals surface area (Å²) in [4.78, 5) is 4.14. The highest BCUT2D eigenvalue weighted by atomic mass is 35.5. The minimum absolute atomic E-state index is 0.0252. The third-order valence-corrected chi connectivity index (χ3v) is 5.12. The molecule has 0 fully saturated rings. The van der Waals surface area contributed by atoms with E-state index >= 15 is 0 Å². The summed E-state index contributed by atoms with van der Waals surface area (Å²) in [6, 6.07) is 5.71. The molecule has 1 atom stereocenters. The standard InChI is InChI=1S/C22H24ClF3N6O/c1-11-16-5-14(24)2-3-15(16)17(6-19(23)28)30-9-13(7-27)21(31-10-20(25)26)12-4-18(33-11)22(29)32-8-12/h2-6,8,11,20,28,30-31H,7,9-10,27H2,1H3,(H2,29,32)/b17-6-,21-13+,28-19?. The Morgan fingerprint density at radius 2 is 2.18 bits per heavy atom. The number of nitrogen functional groups attached to an aromatic ring is 1. The van der Waals surface area contributed by atoms with Gasteiger partial charge in [-0.2, -0.15) is 0 Å². The number of anilines is 1. The van der Waals surface area contributed by atoms with Crippen LogP contribution >= 0.6 is 11.6 Å². The van der Waals surface area contributed by atoms with Crippen LogP contribution in [0.15, 0.2) is 42.1 Å². The van der Waals surface area contributed by atoms with E-state index in [1.807, 2.05) is 0 Å². The molecule has 1 unspecified atom stereocenters. The molecule has 1 aromatic carbocycles. The molecule has 0 radical (unpaired) electrons. The van der Waals surface area contributed by atoms with Crippen molar-refractivity contribution in [2.24, 2.45) is 5.73 Å². The Morgan fingerprint density at radius 1 is 1.42 bits per heavy atom. The number of benzene rings is 1. The van der Waals surface area contributed by atoms with Gasteiger partial charge in [-0.1, -0.05) is 11.6 Å². The molecule has 3 rings (SSSR count). The fraction of sp³-hybridized carbons (Fsp3) is 0.273. The summed E-state index contributed by atoms with van der Waals surface area (Å²) in [5.41, 5.74) is 14.7.